The van der Waals surface area contributed by atoms with Gasteiger partial charge in [0.1, 0.15) is 30.8 Å². The predicted octanol–water partition coefficient (Wildman–Crippen LogP) is 10.0. The molecule has 38 nitrogen and oxygen atoms in total. The average molecular weight is 2000 g/mol. The molecule has 6 aliphatic rings. The van der Waals surface area contributed by atoms with Crippen LogP contribution in [0.15, 0.2) is 121 Å². The number of amides is 7. The highest BCUT2D eigenvalue weighted by Crippen LogP contribution is 2.72. The Morgan fingerprint density at radius 2 is 1.21 bits per heavy atom. The normalized spacial score (nSPS) is 18.8. The number of anilines is 2. The number of aromatic carboxylic acids is 1. The fraction of sp³-hybridized carbons (Fsp3) is 0.564. The standard InChI is InChI=1S/C101H135N11O27S2/c1-70(2)79(59-86(114)84(112-89(115)26-27-90(112)116)57-72-20-22-76(23-21-72)137-55-54-136-53-52-135-51-50-134-49-48-133-47-46-132-45-44-131-43-42-130-41-40-129-39-38-128-37-36-127-35-34-126-6)93(118)105-82(14-10-29-103-95(102)121)85(113)58-73-16-18-74(19-17-73)62-138-97(122)109(32-56-141(123,124)125)31-33-139-101-66-98(4)63-99(5,67-101)65-100(64-98,68-101)69-111-71(3)80(60-104-111)77-24-25-88(107-91(77)94(119)120)110-30-28-75-11-9-12-78(81(75)61-110)92(117)108-96-106-83-13-7-8-15-87(83)140-96/h7-9,11-13,15-27,60,70,79,82,84H,10,14,28-59,61-69H2,1-6H3,(H,105,118)(H,119,120)(H3,102,103,121)(H,106,108,117)(H,123,124,125)/t79-,82-,84-,98?,99?,100?,101?/m0/s1. The summed E-state index contributed by atoms with van der Waals surface area (Å²) in [4.78, 5) is 137. The fourth-order valence-corrected chi connectivity index (χ4v) is 21.5. The lowest BCUT2D eigenvalue weighted by molar-refractivity contribution is -0.248. The topological polar surface area (TPSA) is 473 Å². The number of carbonyl (C=O) groups excluding carboxylic acids is 8. The zero-order valence-electron chi connectivity index (χ0n) is 81.4. The van der Waals surface area contributed by atoms with Crippen molar-refractivity contribution in [2.45, 2.75) is 149 Å². The molecule has 7 N–H and O–H groups in total. The third kappa shape index (κ3) is 33.2. The molecule has 13 rings (SSSR count). The van der Waals surface area contributed by atoms with E-state index in [1.165, 1.54) is 16.2 Å². The lowest BCUT2D eigenvalue weighted by Crippen LogP contribution is -2.64. The van der Waals surface area contributed by atoms with E-state index in [0.717, 1.165) is 76.2 Å². The van der Waals surface area contributed by atoms with Crippen LogP contribution in [0.1, 0.15) is 140 Å². The summed E-state index contributed by atoms with van der Waals surface area (Å²) in [5, 5.41) is 24.6. The maximum Gasteiger partial charge on any atom is 0.410 e. The summed E-state index contributed by atoms with van der Waals surface area (Å²) in [6.07, 6.45) is 8.08. The highest BCUT2D eigenvalue weighted by atomic mass is 32.2. The minimum atomic E-state index is -4.55. The van der Waals surface area contributed by atoms with Crippen molar-refractivity contribution in [1.29, 1.82) is 0 Å². The number of hydrogen-bond donors (Lipinski definition) is 6. The number of imide groups is 1. The molecular weight excluding hydrogens is 1860 g/mol. The van der Waals surface area contributed by atoms with Crippen molar-refractivity contribution in [3.05, 3.63) is 166 Å². The molecule has 3 aromatic heterocycles. The van der Waals surface area contributed by atoms with E-state index in [4.69, 9.17) is 82.1 Å². The number of hydrogen-bond acceptors (Lipinski definition) is 30. The number of nitrogens with one attached hydrogen (secondary N) is 3. The molecule has 0 radical (unpaired) electrons. The predicted molar refractivity (Wildman–Crippen MR) is 521 cm³/mol. The number of methoxy groups -OCH3 is 1. The molecule has 4 saturated carbocycles. The van der Waals surface area contributed by atoms with Crippen LogP contribution in [0.5, 0.6) is 5.75 Å². The van der Waals surface area contributed by atoms with Crippen LogP contribution < -0.4 is 31.3 Å². The first kappa shape index (κ1) is 109. The number of carboxylic acids is 1. The molecular formula is C101H135N11O27S2. The number of ether oxygens (including phenoxy) is 14. The first-order chi connectivity index (χ1) is 67.9. The van der Waals surface area contributed by atoms with E-state index >= 15 is 0 Å². The van der Waals surface area contributed by atoms with Crippen LogP contribution in [0.3, 0.4) is 0 Å². The van der Waals surface area contributed by atoms with Gasteiger partial charge in [-0.05, 0) is 157 Å². The first-order valence-electron chi connectivity index (χ1n) is 48.2. The van der Waals surface area contributed by atoms with Crippen molar-refractivity contribution in [2.24, 2.45) is 33.8 Å². The van der Waals surface area contributed by atoms with Crippen molar-refractivity contribution in [1.82, 2.24) is 40.2 Å². The number of aromatic nitrogens is 4. The lowest BCUT2D eigenvalue weighted by atomic mass is 9.39. The molecule has 4 bridgehead atoms. The summed E-state index contributed by atoms with van der Waals surface area (Å²) < 4.78 is 116. The molecule has 40 heteroatoms. The maximum absolute atomic E-state index is 14.6. The van der Waals surface area contributed by atoms with Gasteiger partial charge >= 0.3 is 18.1 Å². The second kappa shape index (κ2) is 53.6. The molecule has 141 heavy (non-hydrogen) atoms. The summed E-state index contributed by atoms with van der Waals surface area (Å²) in [6.45, 7) is 20.1. The van der Waals surface area contributed by atoms with E-state index in [-0.39, 0.29) is 93.0 Å². The SMILES string of the molecule is COCCOCCOCCOCCOCCOCCOCCOCCOCCOCCOCCOc1ccc(C[C@@H](C(=O)C[C@H](C(=O)N[C@@H](CCCNC(N)=O)C(=O)Cc2ccc(COC(=O)N(CCOC34CC5(C)CC(C)(CC(Cn6ncc(-c7ccc(N8CCc9cccc(C(=O)Nc%10nc%11ccccc%11s%10)c9C8)nc7C(=O)O)c6C)(C5)C3)C4)CCS(=O)(=O)O)cc2)C(C)C)N2C(=O)C=CC2=O)cc1. The number of nitrogens with zero attached hydrogens (tertiary/aromatic N) is 7. The Balaban J connectivity index is 0.565. The third-order valence-corrected chi connectivity index (χ3v) is 27.4. The van der Waals surface area contributed by atoms with Crippen molar-refractivity contribution in [3.63, 3.8) is 0 Å². The zero-order chi connectivity index (χ0) is 100. The summed E-state index contributed by atoms with van der Waals surface area (Å²) in [7, 11) is -2.92. The van der Waals surface area contributed by atoms with Gasteiger partial charge in [-0.2, -0.15) is 13.5 Å². The van der Waals surface area contributed by atoms with Gasteiger partial charge in [-0.3, -0.25) is 48.2 Å². The summed E-state index contributed by atoms with van der Waals surface area (Å²) in [5.74, 6) is -5.82. The zero-order valence-corrected chi connectivity index (χ0v) is 83.0. The van der Waals surface area contributed by atoms with E-state index in [0.29, 0.717) is 215 Å². The molecule has 5 heterocycles. The Labute approximate surface area is 826 Å². The molecule has 2 aliphatic heterocycles. The van der Waals surface area contributed by atoms with Crippen LogP contribution in [0.2, 0.25) is 0 Å². The number of benzene rings is 4. The van der Waals surface area contributed by atoms with Gasteiger partial charge in [-0.25, -0.2) is 24.4 Å². The van der Waals surface area contributed by atoms with Gasteiger partial charge in [-0.15, -0.1) is 0 Å². The Bertz CT molecular complexity index is 5400. The largest absolute Gasteiger partial charge is 0.491 e. The molecule has 7 aromatic rings. The first-order valence-corrected chi connectivity index (χ1v) is 50.6. The summed E-state index contributed by atoms with van der Waals surface area (Å²) in [6, 6.07) is 27.1. The van der Waals surface area contributed by atoms with Crippen LogP contribution >= 0.6 is 11.3 Å². The Kier molecular flexibility index (Phi) is 41.5. The number of nitrogens with two attached hydrogens (primary N) is 1. The fourth-order valence-electron chi connectivity index (χ4n) is 20.2. The molecule has 4 aliphatic carbocycles. The minimum absolute atomic E-state index is 0.00958. The second-order valence-electron chi connectivity index (χ2n) is 37.5. The molecule has 4 fully saturated rings. The number of carboxylic acid groups (broad SMARTS) is 1. The number of carbonyl (C=O) groups is 9. The van der Waals surface area contributed by atoms with Gasteiger partial charge in [0.05, 0.1) is 179 Å². The van der Waals surface area contributed by atoms with E-state index in [2.05, 4.69) is 34.8 Å². The van der Waals surface area contributed by atoms with Gasteiger partial charge in [0.2, 0.25) is 5.91 Å². The summed E-state index contributed by atoms with van der Waals surface area (Å²) >= 11 is 1.39. The van der Waals surface area contributed by atoms with E-state index in [1.54, 1.807) is 87.8 Å². The molecule has 2 unspecified atom stereocenters. The number of Topliss-reactive ketones (excluding diaryl/α,β-unsaturated/α-hetero) is 2. The minimum Gasteiger partial charge on any atom is -0.491 e. The van der Waals surface area contributed by atoms with Crippen molar-refractivity contribution < 1.29 is 128 Å². The highest BCUT2D eigenvalue weighted by Gasteiger charge is 2.66. The van der Waals surface area contributed by atoms with Crippen LogP contribution in [-0.2, 0) is 135 Å². The third-order valence-electron chi connectivity index (χ3n) is 25.8. The van der Waals surface area contributed by atoms with Crippen LogP contribution in [0.4, 0.5) is 20.5 Å². The number of para-hydroxylation sites is 1. The van der Waals surface area contributed by atoms with Crippen molar-refractivity contribution >= 4 is 95.9 Å². The number of pyridine rings is 1. The molecule has 5 atom stereocenters. The van der Waals surface area contributed by atoms with Crippen LogP contribution in [0.25, 0.3) is 21.3 Å². The monoisotopic (exact) mass is 2000 g/mol. The smallest absolute Gasteiger partial charge is 0.410 e. The average Bonchev–Trinajstić information content (AvgIpc) is 1.05. The molecule has 0 saturated heterocycles. The lowest BCUT2D eigenvalue weighted by Gasteiger charge is -2.69. The Morgan fingerprint density at radius 3 is 1.77 bits per heavy atom. The van der Waals surface area contributed by atoms with Crippen LogP contribution in [-0.4, -0.2) is 310 Å². The maximum atomic E-state index is 14.6. The number of rotatable bonds is 66. The Morgan fingerprint density at radius 1 is 0.631 bits per heavy atom. The number of urea groups is 1. The molecule has 7 amide bonds. The van der Waals surface area contributed by atoms with Gasteiger partial charge < -0.3 is 97.6 Å². The number of fused-ring (bicyclic) bond motifs is 2. The van der Waals surface area contributed by atoms with Crippen LogP contribution in [0, 0.1) is 35.0 Å². The van der Waals surface area contributed by atoms with Gasteiger partial charge in [-0.1, -0.05) is 99.7 Å². The van der Waals surface area contributed by atoms with E-state index in [9.17, 15) is 61.2 Å². The Hall–Kier alpha value is -10.7. The molecule has 4 aromatic carbocycles. The van der Waals surface area contributed by atoms with Crippen molar-refractivity contribution in [2.75, 3.05) is 201 Å². The second-order valence-corrected chi connectivity index (χ2v) is 40.1. The van der Waals surface area contributed by atoms with Gasteiger partial charge in [0.25, 0.3) is 27.8 Å². The molecule has 768 valence electrons. The van der Waals surface area contributed by atoms with Crippen molar-refractivity contribution in [3.8, 4) is 16.9 Å². The van der Waals surface area contributed by atoms with E-state index < -0.39 is 106 Å². The van der Waals surface area contributed by atoms with Gasteiger partial charge in [0, 0.05) is 106 Å². The van der Waals surface area contributed by atoms with Gasteiger partial charge in [0.15, 0.2) is 22.4 Å². The number of thiazole rings is 1. The quantitative estimate of drug-likeness (QED) is 0.0117. The highest BCUT2D eigenvalue weighted by molar-refractivity contribution is 7.85. The summed E-state index contributed by atoms with van der Waals surface area (Å²) in [5.41, 5.74) is 10.6. The number of ketones is 2. The molecule has 0 spiro atoms. The van der Waals surface area contributed by atoms with E-state index in [1.807, 2.05) is 59.0 Å². The number of primary amides is 1.